The molecule has 0 bridgehead atoms. The maximum Gasteiger partial charge on any atom is 0.177 e. The molecule has 20 heavy (non-hydrogen) atoms. The van der Waals surface area contributed by atoms with Crippen LogP contribution in [0.3, 0.4) is 0 Å². The van der Waals surface area contributed by atoms with E-state index >= 15 is 0 Å². The minimum atomic E-state index is -3.31. The summed E-state index contributed by atoms with van der Waals surface area (Å²) < 4.78 is 23.7. The summed E-state index contributed by atoms with van der Waals surface area (Å²) in [5.41, 5.74) is 1.09. The Kier molecular flexibility index (Phi) is 4.18. The highest BCUT2D eigenvalue weighted by molar-refractivity contribution is 7.90. The largest absolute Gasteiger partial charge is 0.381 e. The van der Waals surface area contributed by atoms with Crippen LogP contribution in [0.5, 0.6) is 0 Å². The second kappa shape index (κ2) is 5.56. The van der Waals surface area contributed by atoms with Crippen LogP contribution in [0.2, 0.25) is 0 Å². The molecule has 1 saturated carbocycles. The van der Waals surface area contributed by atoms with Crippen LogP contribution in [0.1, 0.15) is 43.5 Å². The Labute approximate surface area is 120 Å². The fourth-order valence-corrected chi connectivity index (χ4v) is 3.58. The van der Waals surface area contributed by atoms with Crippen molar-refractivity contribution in [2.75, 3.05) is 11.6 Å². The molecule has 1 aliphatic carbocycles. The van der Waals surface area contributed by atoms with Gasteiger partial charge in [-0.05, 0) is 43.9 Å². The van der Waals surface area contributed by atoms with Crippen molar-refractivity contribution < 1.29 is 13.2 Å². The van der Waals surface area contributed by atoms with E-state index in [9.17, 15) is 13.2 Å². The summed E-state index contributed by atoms with van der Waals surface area (Å²) in [5, 5.41) is 3.33. The molecule has 1 aliphatic rings. The number of Topliss-reactive ketones (excluding diaryl/α,β-unsaturated/α-hetero) is 1. The summed E-state index contributed by atoms with van der Waals surface area (Å²) in [6, 6.07) is 5.03. The molecule has 1 fully saturated rings. The molecule has 0 aliphatic heterocycles. The molecule has 0 radical (unpaired) electrons. The number of carbonyl (C=O) groups excluding carboxylic acids is 1. The number of hydrogen-bond acceptors (Lipinski definition) is 4. The molecule has 2 rings (SSSR count). The van der Waals surface area contributed by atoms with E-state index in [1.165, 1.54) is 19.2 Å². The zero-order valence-electron chi connectivity index (χ0n) is 12.1. The lowest BCUT2D eigenvalue weighted by molar-refractivity contribution is 0.101. The van der Waals surface area contributed by atoms with E-state index in [0.717, 1.165) is 19.3 Å². The fourth-order valence-electron chi connectivity index (χ4n) is 2.74. The van der Waals surface area contributed by atoms with Gasteiger partial charge in [0.05, 0.1) is 10.6 Å². The summed E-state index contributed by atoms with van der Waals surface area (Å²) in [5.74, 6) is 0.455. The molecule has 110 valence electrons. The van der Waals surface area contributed by atoms with Gasteiger partial charge < -0.3 is 5.32 Å². The molecule has 1 aromatic rings. The van der Waals surface area contributed by atoms with Gasteiger partial charge in [-0.2, -0.15) is 0 Å². The molecule has 1 N–H and O–H groups in total. The van der Waals surface area contributed by atoms with E-state index in [-0.39, 0.29) is 16.7 Å². The predicted octanol–water partition coefficient (Wildman–Crippen LogP) is 2.89. The number of nitrogens with one attached hydrogen (secondary N) is 1. The van der Waals surface area contributed by atoms with Crippen LogP contribution in [0.25, 0.3) is 0 Å². The molecular formula is C15H21NO3S. The van der Waals surface area contributed by atoms with E-state index in [1.807, 2.05) is 0 Å². The zero-order chi connectivity index (χ0) is 14.9. The predicted molar refractivity (Wildman–Crippen MR) is 80.0 cm³/mol. The SMILES string of the molecule is CC(=O)c1ccc(S(C)(=O)=O)c(N[C@@H]2CCC[C@@H]2C)c1. The lowest BCUT2D eigenvalue weighted by atomic mass is 10.1. The van der Waals surface area contributed by atoms with Crippen LogP contribution < -0.4 is 5.32 Å². The van der Waals surface area contributed by atoms with Gasteiger partial charge in [0.2, 0.25) is 0 Å². The van der Waals surface area contributed by atoms with Crippen molar-refractivity contribution >= 4 is 21.3 Å². The summed E-state index contributed by atoms with van der Waals surface area (Å²) in [6.45, 7) is 3.65. The Bertz CT molecular complexity index is 622. The van der Waals surface area contributed by atoms with Crippen LogP contribution in [-0.2, 0) is 9.84 Å². The number of hydrogen-bond donors (Lipinski definition) is 1. The summed E-state index contributed by atoms with van der Waals surface area (Å²) in [7, 11) is -3.31. The van der Waals surface area contributed by atoms with E-state index in [1.54, 1.807) is 12.1 Å². The number of benzene rings is 1. The van der Waals surface area contributed by atoms with Gasteiger partial charge in [0.1, 0.15) is 0 Å². The Hall–Kier alpha value is -1.36. The van der Waals surface area contributed by atoms with Gasteiger partial charge in [0, 0.05) is 17.9 Å². The molecule has 0 saturated heterocycles. The lowest BCUT2D eigenvalue weighted by Gasteiger charge is -2.21. The van der Waals surface area contributed by atoms with Crippen LogP contribution in [0.4, 0.5) is 5.69 Å². The highest BCUT2D eigenvalue weighted by Crippen LogP contribution is 2.31. The molecular weight excluding hydrogens is 274 g/mol. The molecule has 1 aromatic carbocycles. The number of rotatable bonds is 4. The summed E-state index contributed by atoms with van der Waals surface area (Å²) >= 11 is 0. The average molecular weight is 295 g/mol. The van der Waals surface area contributed by atoms with Crippen molar-refractivity contribution in [2.45, 2.75) is 44.0 Å². The number of ketones is 1. The highest BCUT2D eigenvalue weighted by atomic mass is 32.2. The molecule has 2 atom stereocenters. The first-order valence-electron chi connectivity index (χ1n) is 6.90. The topological polar surface area (TPSA) is 63.2 Å². The minimum absolute atomic E-state index is 0.0624. The fraction of sp³-hybridized carbons (Fsp3) is 0.533. The Morgan fingerprint density at radius 2 is 2.00 bits per heavy atom. The Morgan fingerprint density at radius 3 is 2.50 bits per heavy atom. The van der Waals surface area contributed by atoms with Gasteiger partial charge in [-0.25, -0.2) is 8.42 Å². The highest BCUT2D eigenvalue weighted by Gasteiger charge is 2.25. The number of anilines is 1. The standard InChI is InChI=1S/C15H21NO3S/c1-10-5-4-6-13(10)16-14-9-12(11(2)17)7-8-15(14)20(3,18)19/h7-10,13,16H,4-6H2,1-3H3/t10-,13+/m0/s1. The van der Waals surface area contributed by atoms with Crippen LogP contribution >= 0.6 is 0 Å². The zero-order valence-corrected chi connectivity index (χ0v) is 13.0. The molecule has 5 heteroatoms. The Balaban J connectivity index is 2.41. The second-order valence-electron chi connectivity index (χ2n) is 5.70. The van der Waals surface area contributed by atoms with E-state index in [4.69, 9.17) is 0 Å². The first kappa shape index (κ1) is 15.0. The second-order valence-corrected chi connectivity index (χ2v) is 7.68. The molecule has 0 unspecified atom stereocenters. The van der Waals surface area contributed by atoms with Crippen molar-refractivity contribution in [2.24, 2.45) is 5.92 Å². The number of sulfone groups is 1. The van der Waals surface area contributed by atoms with Crippen molar-refractivity contribution in [3.63, 3.8) is 0 Å². The molecule has 4 nitrogen and oxygen atoms in total. The van der Waals surface area contributed by atoms with Crippen molar-refractivity contribution in [1.82, 2.24) is 0 Å². The van der Waals surface area contributed by atoms with Crippen LogP contribution in [0.15, 0.2) is 23.1 Å². The van der Waals surface area contributed by atoms with Gasteiger partial charge in [-0.3, -0.25) is 4.79 Å². The smallest absolute Gasteiger partial charge is 0.177 e. The maximum absolute atomic E-state index is 11.9. The first-order chi connectivity index (χ1) is 9.29. The van der Waals surface area contributed by atoms with Gasteiger partial charge in [-0.15, -0.1) is 0 Å². The third kappa shape index (κ3) is 3.20. The third-order valence-corrected chi connectivity index (χ3v) is 5.14. The van der Waals surface area contributed by atoms with Crippen LogP contribution in [0, 0.1) is 5.92 Å². The van der Waals surface area contributed by atoms with Gasteiger partial charge in [-0.1, -0.05) is 13.3 Å². The summed E-state index contributed by atoms with van der Waals surface area (Å²) in [4.78, 5) is 11.7. The lowest BCUT2D eigenvalue weighted by Crippen LogP contribution is -2.23. The van der Waals surface area contributed by atoms with E-state index < -0.39 is 9.84 Å². The monoisotopic (exact) mass is 295 g/mol. The summed E-state index contributed by atoms with van der Waals surface area (Å²) in [6.07, 6.45) is 4.53. The van der Waals surface area contributed by atoms with E-state index in [0.29, 0.717) is 17.2 Å². The molecule has 0 aromatic heterocycles. The van der Waals surface area contributed by atoms with Crippen molar-refractivity contribution in [1.29, 1.82) is 0 Å². The van der Waals surface area contributed by atoms with Gasteiger partial charge in [0.25, 0.3) is 0 Å². The average Bonchev–Trinajstić information content (AvgIpc) is 2.73. The normalized spacial score (nSPS) is 22.8. The number of carbonyl (C=O) groups is 1. The van der Waals surface area contributed by atoms with E-state index in [2.05, 4.69) is 12.2 Å². The quantitative estimate of drug-likeness (QED) is 0.868. The van der Waals surface area contributed by atoms with Gasteiger partial charge >= 0.3 is 0 Å². The van der Waals surface area contributed by atoms with Crippen LogP contribution in [-0.4, -0.2) is 26.5 Å². The van der Waals surface area contributed by atoms with Crippen molar-refractivity contribution in [3.05, 3.63) is 23.8 Å². The van der Waals surface area contributed by atoms with Crippen molar-refractivity contribution in [3.8, 4) is 0 Å². The first-order valence-corrected chi connectivity index (χ1v) is 8.80. The Morgan fingerprint density at radius 1 is 1.30 bits per heavy atom. The molecule has 0 spiro atoms. The molecule has 0 heterocycles. The van der Waals surface area contributed by atoms with Gasteiger partial charge in [0.15, 0.2) is 15.6 Å². The third-order valence-electron chi connectivity index (χ3n) is 3.99. The molecule has 0 amide bonds. The minimum Gasteiger partial charge on any atom is -0.381 e. The maximum atomic E-state index is 11.9.